The molecule has 0 aromatic carbocycles. The molecule has 0 spiro atoms. The zero-order valence-electron chi connectivity index (χ0n) is 14.7. The van der Waals surface area contributed by atoms with Crippen LogP contribution in [-0.4, -0.2) is 39.9 Å². The third-order valence-corrected chi connectivity index (χ3v) is 4.31. The predicted molar refractivity (Wildman–Crippen MR) is 97.2 cm³/mol. The smallest absolute Gasteiger partial charge is 0.273 e. The highest BCUT2D eigenvalue weighted by Crippen LogP contribution is 2.23. The monoisotopic (exact) mass is 338 g/mol. The van der Waals surface area contributed by atoms with E-state index in [0.717, 1.165) is 36.5 Å². The lowest BCUT2D eigenvalue weighted by atomic mass is 10.0. The fraction of sp³-hybridized carbons (Fsp3) is 0.333. The van der Waals surface area contributed by atoms with Gasteiger partial charge in [-0.25, -0.2) is 5.43 Å². The van der Waals surface area contributed by atoms with E-state index in [1.54, 1.807) is 18.3 Å². The molecule has 0 fully saturated rings. The molecule has 0 radical (unpaired) electrons. The van der Waals surface area contributed by atoms with Crippen molar-refractivity contribution in [3.05, 3.63) is 52.1 Å². The Balaban J connectivity index is 1.93. The van der Waals surface area contributed by atoms with Crippen LogP contribution in [0.25, 0.3) is 6.08 Å². The van der Waals surface area contributed by atoms with E-state index in [1.807, 2.05) is 6.08 Å². The number of hydrogen-bond acceptors (Lipinski definition) is 5. The number of H-pyrrole nitrogens is 1. The number of carbonyl (C=O) groups is 1. The number of hydrazone groups is 1. The van der Waals surface area contributed by atoms with Gasteiger partial charge in [0.1, 0.15) is 11.4 Å². The Hall–Kier alpha value is -2.80. The number of nitrogens with zero attached hydrogens (tertiary/aromatic N) is 3. The average molecular weight is 338 g/mol. The van der Waals surface area contributed by atoms with Crippen molar-refractivity contribution < 1.29 is 4.79 Å². The van der Waals surface area contributed by atoms with E-state index in [4.69, 9.17) is 0 Å². The summed E-state index contributed by atoms with van der Waals surface area (Å²) < 4.78 is 0. The summed E-state index contributed by atoms with van der Waals surface area (Å²) in [4.78, 5) is 15.6. The third-order valence-electron chi connectivity index (χ3n) is 4.31. The first-order valence-electron chi connectivity index (χ1n) is 8.38. The number of amides is 1. The van der Waals surface area contributed by atoms with Crippen molar-refractivity contribution in [1.82, 2.24) is 25.9 Å². The normalized spacial score (nSPS) is 15.6. The fourth-order valence-electron chi connectivity index (χ4n) is 2.96. The van der Waals surface area contributed by atoms with Crippen molar-refractivity contribution in [2.24, 2.45) is 5.10 Å². The van der Waals surface area contributed by atoms with Crippen LogP contribution in [0.5, 0.6) is 0 Å². The van der Waals surface area contributed by atoms with Gasteiger partial charge in [0, 0.05) is 17.6 Å². The first kappa shape index (κ1) is 17.0. The molecule has 130 valence electrons. The highest BCUT2D eigenvalue weighted by Gasteiger charge is 2.26. The molecular weight excluding hydrogens is 316 g/mol. The van der Waals surface area contributed by atoms with Crippen LogP contribution in [0.15, 0.2) is 29.0 Å². The first-order valence-corrected chi connectivity index (χ1v) is 8.38. The van der Waals surface area contributed by atoms with Gasteiger partial charge in [0.2, 0.25) is 0 Å². The quantitative estimate of drug-likeness (QED) is 0.549. The van der Waals surface area contributed by atoms with Crippen LogP contribution in [-0.2, 0) is 11.2 Å². The van der Waals surface area contributed by atoms with Gasteiger partial charge in [0.15, 0.2) is 0 Å². The summed E-state index contributed by atoms with van der Waals surface area (Å²) in [5, 5.41) is 15.4. The van der Waals surface area contributed by atoms with Crippen LogP contribution in [0.3, 0.4) is 0 Å². The van der Waals surface area contributed by atoms with E-state index in [9.17, 15) is 4.79 Å². The van der Waals surface area contributed by atoms with Crippen molar-refractivity contribution in [2.75, 3.05) is 13.1 Å². The Labute approximate surface area is 146 Å². The van der Waals surface area contributed by atoms with Gasteiger partial charge < -0.3 is 10.3 Å². The van der Waals surface area contributed by atoms with E-state index >= 15 is 0 Å². The summed E-state index contributed by atoms with van der Waals surface area (Å²) in [6.45, 7) is 8.11. The number of likely N-dealkylation sites (N-methyl/N-ethyl adjacent to an activating group) is 1. The largest absolute Gasteiger partial charge is 0.359 e. The molecule has 3 rings (SSSR count). The molecule has 3 heterocycles. The average Bonchev–Trinajstić information content (AvgIpc) is 3.11. The number of aromatic amines is 1. The number of rotatable bonds is 6. The summed E-state index contributed by atoms with van der Waals surface area (Å²) in [7, 11) is 0. The second kappa shape index (κ2) is 7.40. The Morgan fingerprint density at radius 1 is 1.32 bits per heavy atom. The number of carbonyl (C=O) groups excluding carboxylic acids is 1. The Bertz CT molecular complexity index is 835. The standard InChI is InChI=1S/C18H22N6O/c1-4-19-9-7-13-11(2)16(21-12(13)3)10-14-17(23-24-18(14)25)15-6-5-8-20-22-15/h5-6,8,10,19,21H,4,7,9H2,1-3H3,(H,24,25)/b14-10+. The highest BCUT2D eigenvalue weighted by atomic mass is 16.2. The maximum absolute atomic E-state index is 12.2. The predicted octanol–water partition coefficient (Wildman–Crippen LogP) is 1.49. The molecular formula is C18H22N6O. The fourth-order valence-corrected chi connectivity index (χ4v) is 2.96. The molecule has 2 aromatic heterocycles. The first-order chi connectivity index (χ1) is 12.1. The van der Waals surface area contributed by atoms with Gasteiger partial charge >= 0.3 is 0 Å². The molecule has 2 aromatic rings. The molecule has 0 aliphatic carbocycles. The zero-order valence-corrected chi connectivity index (χ0v) is 14.7. The van der Waals surface area contributed by atoms with Crippen LogP contribution >= 0.6 is 0 Å². The molecule has 1 amide bonds. The summed E-state index contributed by atoms with van der Waals surface area (Å²) in [5.41, 5.74) is 8.56. The SMILES string of the molecule is CCNCCc1c(C)[nH]c(/C=C2/C(=O)NN=C2c2cccnn2)c1C. The van der Waals surface area contributed by atoms with Gasteiger partial charge in [0.05, 0.1) is 5.57 Å². The van der Waals surface area contributed by atoms with E-state index in [1.165, 1.54) is 5.56 Å². The molecule has 0 unspecified atom stereocenters. The number of nitrogens with one attached hydrogen (secondary N) is 3. The molecule has 1 aliphatic heterocycles. The zero-order chi connectivity index (χ0) is 17.8. The minimum atomic E-state index is -0.235. The summed E-state index contributed by atoms with van der Waals surface area (Å²) in [6, 6.07) is 3.56. The van der Waals surface area contributed by atoms with Gasteiger partial charge in [-0.2, -0.15) is 10.2 Å². The number of hydrogen-bond donors (Lipinski definition) is 3. The second-order valence-corrected chi connectivity index (χ2v) is 5.94. The van der Waals surface area contributed by atoms with Crippen molar-refractivity contribution in [2.45, 2.75) is 27.2 Å². The Morgan fingerprint density at radius 2 is 2.16 bits per heavy atom. The van der Waals surface area contributed by atoms with Crippen LogP contribution in [0.2, 0.25) is 0 Å². The molecule has 1 aliphatic rings. The third kappa shape index (κ3) is 3.51. The van der Waals surface area contributed by atoms with E-state index < -0.39 is 0 Å². The minimum absolute atomic E-state index is 0.235. The molecule has 0 saturated heterocycles. The van der Waals surface area contributed by atoms with Gasteiger partial charge in [-0.3, -0.25) is 4.79 Å². The van der Waals surface area contributed by atoms with Crippen molar-refractivity contribution in [3.63, 3.8) is 0 Å². The van der Waals surface area contributed by atoms with Gasteiger partial charge in [-0.05, 0) is 62.7 Å². The molecule has 3 N–H and O–H groups in total. The summed E-state index contributed by atoms with van der Waals surface area (Å²) in [6.07, 6.45) is 4.38. The lowest BCUT2D eigenvalue weighted by Crippen LogP contribution is -2.16. The maximum Gasteiger partial charge on any atom is 0.273 e. The van der Waals surface area contributed by atoms with Gasteiger partial charge in [-0.15, -0.1) is 5.10 Å². The van der Waals surface area contributed by atoms with E-state index in [2.05, 4.69) is 51.8 Å². The Morgan fingerprint density at radius 3 is 2.88 bits per heavy atom. The van der Waals surface area contributed by atoms with Crippen LogP contribution in [0.4, 0.5) is 0 Å². The molecule has 0 saturated carbocycles. The maximum atomic E-state index is 12.2. The van der Waals surface area contributed by atoms with Crippen LogP contribution < -0.4 is 10.7 Å². The van der Waals surface area contributed by atoms with Gasteiger partial charge in [-0.1, -0.05) is 6.92 Å². The molecule has 7 nitrogen and oxygen atoms in total. The second-order valence-electron chi connectivity index (χ2n) is 5.94. The topological polar surface area (TPSA) is 95.1 Å². The van der Waals surface area contributed by atoms with Crippen molar-refractivity contribution in [3.8, 4) is 0 Å². The van der Waals surface area contributed by atoms with E-state index in [0.29, 0.717) is 17.0 Å². The summed E-state index contributed by atoms with van der Waals surface area (Å²) >= 11 is 0. The van der Waals surface area contributed by atoms with Crippen LogP contribution in [0, 0.1) is 13.8 Å². The lowest BCUT2D eigenvalue weighted by molar-refractivity contribution is -0.116. The number of aromatic nitrogens is 3. The van der Waals surface area contributed by atoms with Gasteiger partial charge in [0.25, 0.3) is 5.91 Å². The van der Waals surface area contributed by atoms with E-state index in [-0.39, 0.29) is 5.91 Å². The van der Waals surface area contributed by atoms with Crippen molar-refractivity contribution >= 4 is 17.7 Å². The molecule has 7 heteroatoms. The summed E-state index contributed by atoms with van der Waals surface area (Å²) in [5.74, 6) is -0.235. The lowest BCUT2D eigenvalue weighted by Gasteiger charge is -2.03. The van der Waals surface area contributed by atoms with Crippen molar-refractivity contribution in [1.29, 1.82) is 0 Å². The van der Waals surface area contributed by atoms with Crippen LogP contribution in [0.1, 0.15) is 35.1 Å². The number of aryl methyl sites for hydroxylation is 1. The highest BCUT2D eigenvalue weighted by molar-refractivity contribution is 6.32. The molecule has 0 bridgehead atoms. The minimum Gasteiger partial charge on any atom is -0.359 e. The Kier molecular flexibility index (Phi) is 5.04. The molecule has 25 heavy (non-hydrogen) atoms. The molecule has 0 atom stereocenters.